The number of hydrogen-bond acceptors (Lipinski definition) is 3. The Morgan fingerprint density at radius 1 is 1.23 bits per heavy atom. The molecule has 3 nitrogen and oxygen atoms in total. The van der Waals surface area contributed by atoms with E-state index in [-0.39, 0.29) is 0 Å². The van der Waals surface area contributed by atoms with Crippen LogP contribution in [0.1, 0.15) is 12.8 Å². The van der Waals surface area contributed by atoms with E-state index < -0.39 is 0 Å². The average Bonchev–Trinajstić information content (AvgIpc) is 2.15. The summed E-state index contributed by atoms with van der Waals surface area (Å²) in [6.45, 7) is 4.72. The molecule has 0 bridgehead atoms. The minimum atomic E-state index is 0.758. The molecule has 0 amide bonds. The average molecular weight is 185 g/mol. The zero-order valence-corrected chi connectivity index (χ0v) is 9.21. The van der Waals surface area contributed by atoms with Gasteiger partial charge in [0, 0.05) is 25.7 Å². The molecule has 1 fully saturated rings. The summed E-state index contributed by atoms with van der Waals surface area (Å²) >= 11 is 0. The lowest BCUT2D eigenvalue weighted by Gasteiger charge is -2.32. The minimum Gasteiger partial charge on any atom is -0.315 e. The maximum atomic E-state index is 3.45. The van der Waals surface area contributed by atoms with Crippen molar-refractivity contribution in [1.29, 1.82) is 0 Å². The van der Waals surface area contributed by atoms with Gasteiger partial charge in [-0.2, -0.15) is 0 Å². The smallest absolute Gasteiger partial charge is 0.0218 e. The number of hydrogen-bond donors (Lipinski definition) is 1. The molecular formula is C10H23N3. The highest BCUT2D eigenvalue weighted by Gasteiger charge is 2.16. The molecular weight excluding hydrogens is 162 g/mol. The Morgan fingerprint density at radius 2 is 2.00 bits per heavy atom. The van der Waals surface area contributed by atoms with Gasteiger partial charge in [0.25, 0.3) is 0 Å². The van der Waals surface area contributed by atoms with Crippen molar-refractivity contribution < 1.29 is 0 Å². The molecule has 0 saturated carbocycles. The maximum absolute atomic E-state index is 3.45. The first-order valence-corrected chi connectivity index (χ1v) is 5.26. The van der Waals surface area contributed by atoms with E-state index in [1.807, 2.05) is 0 Å². The molecule has 1 heterocycles. The summed E-state index contributed by atoms with van der Waals surface area (Å²) in [7, 11) is 6.50. The molecule has 1 unspecified atom stereocenters. The van der Waals surface area contributed by atoms with Crippen molar-refractivity contribution >= 4 is 0 Å². The van der Waals surface area contributed by atoms with Crippen LogP contribution in [0.3, 0.4) is 0 Å². The van der Waals surface area contributed by atoms with Crippen molar-refractivity contribution in [2.75, 3.05) is 47.3 Å². The van der Waals surface area contributed by atoms with Gasteiger partial charge in [0.1, 0.15) is 0 Å². The molecule has 1 atom stereocenters. The number of rotatable bonds is 4. The number of nitrogens with zero attached hydrogens (tertiary/aromatic N) is 2. The number of likely N-dealkylation sites (N-methyl/N-ethyl adjacent to an activating group) is 2. The van der Waals surface area contributed by atoms with E-state index >= 15 is 0 Å². The van der Waals surface area contributed by atoms with Crippen LogP contribution in [0.5, 0.6) is 0 Å². The summed E-state index contributed by atoms with van der Waals surface area (Å²) in [6.07, 6.45) is 2.69. The zero-order valence-electron chi connectivity index (χ0n) is 9.21. The summed E-state index contributed by atoms with van der Waals surface area (Å²) in [5.41, 5.74) is 0. The van der Waals surface area contributed by atoms with Crippen LogP contribution in [0.2, 0.25) is 0 Å². The summed E-state index contributed by atoms with van der Waals surface area (Å²) in [5.74, 6) is 0. The van der Waals surface area contributed by atoms with E-state index in [0.717, 1.165) is 12.6 Å². The predicted molar refractivity (Wildman–Crippen MR) is 57.1 cm³/mol. The molecule has 1 rings (SSSR count). The fourth-order valence-corrected chi connectivity index (χ4v) is 1.75. The standard InChI is InChI=1S/C10H23N3/c1-12(2)7-8-13(3)10-5-4-6-11-9-10/h10-11H,4-9H2,1-3H3. The summed E-state index contributed by atoms with van der Waals surface area (Å²) in [4.78, 5) is 4.72. The zero-order chi connectivity index (χ0) is 9.68. The van der Waals surface area contributed by atoms with Crippen LogP contribution in [-0.4, -0.2) is 63.2 Å². The first kappa shape index (κ1) is 11.0. The fraction of sp³-hybridized carbons (Fsp3) is 1.00. The van der Waals surface area contributed by atoms with E-state index in [9.17, 15) is 0 Å². The van der Waals surface area contributed by atoms with Crippen LogP contribution in [0.4, 0.5) is 0 Å². The van der Waals surface area contributed by atoms with Gasteiger partial charge < -0.3 is 15.1 Å². The summed E-state index contributed by atoms with van der Waals surface area (Å²) in [6, 6.07) is 0.758. The van der Waals surface area contributed by atoms with Gasteiger partial charge in [-0.3, -0.25) is 0 Å². The van der Waals surface area contributed by atoms with Crippen molar-refractivity contribution in [3.05, 3.63) is 0 Å². The maximum Gasteiger partial charge on any atom is 0.0218 e. The first-order chi connectivity index (χ1) is 6.20. The molecule has 13 heavy (non-hydrogen) atoms. The Balaban J connectivity index is 2.17. The van der Waals surface area contributed by atoms with Crippen molar-refractivity contribution in [2.45, 2.75) is 18.9 Å². The number of nitrogens with one attached hydrogen (secondary N) is 1. The van der Waals surface area contributed by atoms with E-state index in [2.05, 4.69) is 36.3 Å². The second-order valence-corrected chi connectivity index (χ2v) is 4.28. The van der Waals surface area contributed by atoms with Crippen molar-refractivity contribution in [3.63, 3.8) is 0 Å². The molecule has 1 N–H and O–H groups in total. The van der Waals surface area contributed by atoms with Crippen LogP contribution < -0.4 is 5.32 Å². The quantitative estimate of drug-likeness (QED) is 0.676. The molecule has 3 heteroatoms. The Hall–Kier alpha value is -0.120. The highest BCUT2D eigenvalue weighted by atomic mass is 15.2. The highest BCUT2D eigenvalue weighted by molar-refractivity contribution is 4.76. The van der Waals surface area contributed by atoms with Gasteiger partial charge in [0.2, 0.25) is 0 Å². The van der Waals surface area contributed by atoms with Crippen LogP contribution in [0.15, 0.2) is 0 Å². The second kappa shape index (κ2) is 5.58. The molecule has 0 aromatic carbocycles. The molecule has 1 aliphatic rings. The fourth-order valence-electron chi connectivity index (χ4n) is 1.75. The van der Waals surface area contributed by atoms with Crippen molar-refractivity contribution in [1.82, 2.24) is 15.1 Å². The predicted octanol–water partition coefficient (Wildman–Crippen LogP) is 0.232. The molecule has 0 spiro atoms. The van der Waals surface area contributed by atoms with Gasteiger partial charge in [-0.15, -0.1) is 0 Å². The monoisotopic (exact) mass is 185 g/mol. The Morgan fingerprint density at radius 3 is 2.54 bits per heavy atom. The van der Waals surface area contributed by atoms with E-state index in [1.165, 1.54) is 32.5 Å². The Kier molecular flexibility index (Phi) is 4.70. The van der Waals surface area contributed by atoms with Gasteiger partial charge >= 0.3 is 0 Å². The lowest BCUT2D eigenvalue weighted by Crippen LogP contribution is -2.45. The van der Waals surface area contributed by atoms with Gasteiger partial charge in [0.05, 0.1) is 0 Å². The SMILES string of the molecule is CN(C)CCN(C)C1CCCNC1. The van der Waals surface area contributed by atoms with Crippen molar-refractivity contribution in [3.8, 4) is 0 Å². The summed E-state index contributed by atoms with van der Waals surface area (Å²) in [5, 5.41) is 3.45. The van der Waals surface area contributed by atoms with E-state index in [1.54, 1.807) is 0 Å². The molecule has 0 aromatic rings. The van der Waals surface area contributed by atoms with Gasteiger partial charge in [-0.05, 0) is 40.5 Å². The molecule has 1 aliphatic heterocycles. The molecule has 0 aromatic heterocycles. The third kappa shape index (κ3) is 4.07. The van der Waals surface area contributed by atoms with Gasteiger partial charge in [0.15, 0.2) is 0 Å². The largest absolute Gasteiger partial charge is 0.315 e. The highest BCUT2D eigenvalue weighted by Crippen LogP contribution is 2.07. The lowest BCUT2D eigenvalue weighted by atomic mass is 10.1. The van der Waals surface area contributed by atoms with Crippen LogP contribution >= 0.6 is 0 Å². The summed E-state index contributed by atoms with van der Waals surface area (Å²) < 4.78 is 0. The Labute approximate surface area is 82.1 Å². The second-order valence-electron chi connectivity index (χ2n) is 4.28. The van der Waals surface area contributed by atoms with E-state index in [0.29, 0.717) is 0 Å². The number of piperidine rings is 1. The lowest BCUT2D eigenvalue weighted by molar-refractivity contribution is 0.186. The molecule has 0 aliphatic carbocycles. The van der Waals surface area contributed by atoms with Crippen LogP contribution in [-0.2, 0) is 0 Å². The minimum absolute atomic E-state index is 0.758. The third-order valence-corrected chi connectivity index (χ3v) is 2.79. The first-order valence-electron chi connectivity index (χ1n) is 5.26. The Bertz CT molecular complexity index is 130. The van der Waals surface area contributed by atoms with Crippen LogP contribution in [0, 0.1) is 0 Å². The van der Waals surface area contributed by atoms with Gasteiger partial charge in [-0.25, -0.2) is 0 Å². The topological polar surface area (TPSA) is 18.5 Å². The van der Waals surface area contributed by atoms with Crippen LogP contribution in [0.25, 0.3) is 0 Å². The third-order valence-electron chi connectivity index (χ3n) is 2.79. The molecule has 1 saturated heterocycles. The molecule has 0 radical (unpaired) electrons. The molecule has 78 valence electrons. The van der Waals surface area contributed by atoms with Crippen molar-refractivity contribution in [2.24, 2.45) is 0 Å². The van der Waals surface area contributed by atoms with Gasteiger partial charge in [-0.1, -0.05) is 0 Å². The van der Waals surface area contributed by atoms with E-state index in [4.69, 9.17) is 0 Å². The normalized spacial score (nSPS) is 24.2.